The van der Waals surface area contributed by atoms with Crippen molar-refractivity contribution in [1.82, 2.24) is 15.5 Å². The van der Waals surface area contributed by atoms with Gasteiger partial charge < -0.3 is 9.84 Å². The topological polar surface area (TPSA) is 51.0 Å². The summed E-state index contributed by atoms with van der Waals surface area (Å²) >= 11 is 6.18. The molecule has 3 aromatic rings. The predicted octanol–water partition coefficient (Wildman–Crippen LogP) is 4.88. The molecular formula is C19H20ClN3O. The van der Waals surface area contributed by atoms with Crippen molar-refractivity contribution in [3.8, 4) is 11.4 Å². The van der Waals surface area contributed by atoms with Crippen LogP contribution in [0.4, 0.5) is 0 Å². The summed E-state index contributed by atoms with van der Waals surface area (Å²) in [7, 11) is 0. The van der Waals surface area contributed by atoms with Gasteiger partial charge in [0.05, 0.1) is 11.6 Å². The van der Waals surface area contributed by atoms with E-state index in [-0.39, 0.29) is 6.04 Å². The SMILES string of the molecule is CC(C)C(NCc1nc(-c2ccccc2Cl)no1)c1ccccc1. The molecule has 24 heavy (non-hydrogen) atoms. The molecule has 0 saturated carbocycles. The van der Waals surface area contributed by atoms with E-state index in [0.717, 1.165) is 5.56 Å². The van der Waals surface area contributed by atoms with Crippen molar-refractivity contribution in [2.24, 2.45) is 5.92 Å². The molecule has 0 radical (unpaired) electrons. The van der Waals surface area contributed by atoms with E-state index < -0.39 is 0 Å². The molecule has 0 saturated heterocycles. The lowest BCUT2D eigenvalue weighted by atomic mass is 9.96. The Balaban J connectivity index is 1.72. The quantitative estimate of drug-likeness (QED) is 0.694. The van der Waals surface area contributed by atoms with Gasteiger partial charge in [0.25, 0.3) is 0 Å². The van der Waals surface area contributed by atoms with Crippen molar-refractivity contribution in [3.05, 3.63) is 71.1 Å². The lowest BCUT2D eigenvalue weighted by molar-refractivity contribution is 0.338. The van der Waals surface area contributed by atoms with E-state index in [0.29, 0.717) is 29.2 Å². The zero-order valence-corrected chi connectivity index (χ0v) is 14.5. The Morgan fingerprint density at radius 1 is 1.04 bits per heavy atom. The van der Waals surface area contributed by atoms with Crippen LogP contribution in [-0.4, -0.2) is 10.1 Å². The Labute approximate surface area is 146 Å². The van der Waals surface area contributed by atoms with Crippen LogP contribution in [0.5, 0.6) is 0 Å². The fraction of sp³-hybridized carbons (Fsp3) is 0.263. The van der Waals surface area contributed by atoms with Gasteiger partial charge >= 0.3 is 0 Å². The smallest absolute Gasteiger partial charge is 0.240 e. The van der Waals surface area contributed by atoms with Crippen LogP contribution >= 0.6 is 11.6 Å². The summed E-state index contributed by atoms with van der Waals surface area (Å²) in [5.74, 6) is 1.50. The standard InChI is InChI=1S/C19H20ClN3O/c1-13(2)18(14-8-4-3-5-9-14)21-12-17-22-19(23-24-17)15-10-6-7-11-16(15)20/h3-11,13,18,21H,12H2,1-2H3. The molecule has 1 aromatic heterocycles. The molecule has 124 valence electrons. The van der Waals surface area contributed by atoms with Crippen LogP contribution in [-0.2, 0) is 6.54 Å². The first-order chi connectivity index (χ1) is 11.6. The zero-order chi connectivity index (χ0) is 16.9. The van der Waals surface area contributed by atoms with Crippen LogP contribution in [0, 0.1) is 5.92 Å². The first-order valence-electron chi connectivity index (χ1n) is 8.01. The molecule has 0 spiro atoms. The van der Waals surface area contributed by atoms with Gasteiger partial charge in [-0.05, 0) is 23.6 Å². The molecule has 1 unspecified atom stereocenters. The van der Waals surface area contributed by atoms with E-state index in [9.17, 15) is 0 Å². The largest absolute Gasteiger partial charge is 0.338 e. The minimum atomic E-state index is 0.224. The highest BCUT2D eigenvalue weighted by Crippen LogP contribution is 2.25. The summed E-state index contributed by atoms with van der Waals surface area (Å²) in [4.78, 5) is 4.44. The lowest BCUT2D eigenvalue weighted by Crippen LogP contribution is -2.25. The van der Waals surface area contributed by atoms with Gasteiger partial charge in [-0.3, -0.25) is 0 Å². The van der Waals surface area contributed by atoms with Gasteiger partial charge in [0.15, 0.2) is 0 Å². The molecule has 0 aliphatic heterocycles. The van der Waals surface area contributed by atoms with Gasteiger partial charge in [0.2, 0.25) is 11.7 Å². The van der Waals surface area contributed by atoms with Crippen molar-refractivity contribution < 1.29 is 4.52 Å². The predicted molar refractivity (Wildman–Crippen MR) is 95.6 cm³/mol. The van der Waals surface area contributed by atoms with Gasteiger partial charge in [-0.15, -0.1) is 0 Å². The van der Waals surface area contributed by atoms with Crippen LogP contribution in [0.1, 0.15) is 31.3 Å². The molecular weight excluding hydrogens is 322 g/mol. The second kappa shape index (κ2) is 7.60. The summed E-state index contributed by atoms with van der Waals surface area (Å²) in [6.45, 7) is 4.89. The Morgan fingerprint density at radius 3 is 2.46 bits per heavy atom. The second-order valence-electron chi connectivity index (χ2n) is 6.00. The lowest BCUT2D eigenvalue weighted by Gasteiger charge is -2.22. The zero-order valence-electron chi connectivity index (χ0n) is 13.7. The first-order valence-corrected chi connectivity index (χ1v) is 8.38. The van der Waals surface area contributed by atoms with E-state index in [1.54, 1.807) is 0 Å². The summed E-state index contributed by atoms with van der Waals surface area (Å²) in [5, 5.41) is 8.15. The molecule has 0 aliphatic carbocycles. The molecule has 4 nitrogen and oxygen atoms in total. The molecule has 1 heterocycles. The van der Waals surface area contributed by atoms with Gasteiger partial charge in [-0.2, -0.15) is 4.98 Å². The van der Waals surface area contributed by atoms with Crippen LogP contribution < -0.4 is 5.32 Å². The highest BCUT2D eigenvalue weighted by molar-refractivity contribution is 6.33. The van der Waals surface area contributed by atoms with Gasteiger partial charge in [-0.25, -0.2) is 0 Å². The summed E-state index contributed by atoms with van der Waals surface area (Å²) in [6, 6.07) is 18.1. The molecule has 0 amide bonds. The number of nitrogens with zero attached hydrogens (tertiary/aromatic N) is 2. The number of nitrogens with one attached hydrogen (secondary N) is 1. The van der Waals surface area contributed by atoms with Gasteiger partial charge in [0, 0.05) is 11.6 Å². The number of hydrogen-bond acceptors (Lipinski definition) is 4. The van der Waals surface area contributed by atoms with Crippen LogP contribution in [0.2, 0.25) is 5.02 Å². The molecule has 3 rings (SSSR count). The van der Waals surface area contributed by atoms with Gasteiger partial charge in [0.1, 0.15) is 0 Å². The monoisotopic (exact) mass is 341 g/mol. The van der Waals surface area contributed by atoms with Crippen molar-refractivity contribution in [1.29, 1.82) is 0 Å². The molecule has 0 bridgehead atoms. The van der Waals surface area contributed by atoms with Crippen molar-refractivity contribution in [2.75, 3.05) is 0 Å². The second-order valence-corrected chi connectivity index (χ2v) is 6.41. The average Bonchev–Trinajstić information content (AvgIpc) is 3.05. The van der Waals surface area contributed by atoms with E-state index in [2.05, 4.69) is 53.6 Å². The van der Waals surface area contributed by atoms with Crippen molar-refractivity contribution in [2.45, 2.75) is 26.4 Å². The van der Waals surface area contributed by atoms with Gasteiger partial charge in [-0.1, -0.05) is 73.1 Å². The van der Waals surface area contributed by atoms with E-state index in [1.165, 1.54) is 5.56 Å². The summed E-state index contributed by atoms with van der Waals surface area (Å²) < 4.78 is 5.36. The molecule has 1 N–H and O–H groups in total. The maximum Gasteiger partial charge on any atom is 0.240 e. The first kappa shape index (κ1) is 16.7. The fourth-order valence-electron chi connectivity index (χ4n) is 2.67. The van der Waals surface area contributed by atoms with E-state index in [4.69, 9.17) is 16.1 Å². The highest BCUT2D eigenvalue weighted by atomic mass is 35.5. The molecule has 5 heteroatoms. The maximum absolute atomic E-state index is 6.18. The number of hydrogen-bond donors (Lipinski definition) is 1. The minimum Gasteiger partial charge on any atom is -0.338 e. The fourth-order valence-corrected chi connectivity index (χ4v) is 2.89. The number of benzene rings is 2. The molecule has 0 aliphatic rings. The van der Waals surface area contributed by atoms with Crippen molar-refractivity contribution in [3.63, 3.8) is 0 Å². The Kier molecular flexibility index (Phi) is 5.28. The normalized spacial score (nSPS) is 12.5. The molecule has 1 atom stereocenters. The highest BCUT2D eigenvalue weighted by Gasteiger charge is 2.17. The Morgan fingerprint density at radius 2 is 1.75 bits per heavy atom. The van der Waals surface area contributed by atoms with E-state index in [1.807, 2.05) is 30.3 Å². The van der Waals surface area contributed by atoms with Crippen molar-refractivity contribution >= 4 is 11.6 Å². The third-order valence-electron chi connectivity index (χ3n) is 3.88. The third-order valence-corrected chi connectivity index (χ3v) is 4.21. The Hall–Kier alpha value is -2.17. The molecule has 2 aromatic carbocycles. The van der Waals surface area contributed by atoms with E-state index >= 15 is 0 Å². The molecule has 0 fully saturated rings. The average molecular weight is 342 g/mol. The Bertz CT molecular complexity index is 786. The summed E-state index contributed by atoms with van der Waals surface area (Å²) in [6.07, 6.45) is 0. The number of rotatable bonds is 6. The maximum atomic E-state index is 6.18. The number of aromatic nitrogens is 2. The van der Waals surface area contributed by atoms with Crippen LogP contribution in [0.3, 0.4) is 0 Å². The number of halogens is 1. The van der Waals surface area contributed by atoms with Crippen LogP contribution in [0.25, 0.3) is 11.4 Å². The third kappa shape index (κ3) is 3.83. The summed E-state index contributed by atoms with van der Waals surface area (Å²) in [5.41, 5.74) is 2.02. The van der Waals surface area contributed by atoms with Crippen LogP contribution in [0.15, 0.2) is 59.1 Å². The minimum absolute atomic E-state index is 0.224.